The number of hydrogen-bond donors (Lipinski definition) is 1. The van der Waals surface area contributed by atoms with Crippen LogP contribution in [0.3, 0.4) is 0 Å². The summed E-state index contributed by atoms with van der Waals surface area (Å²) < 4.78 is 1.92. The smallest absolute Gasteiger partial charge is 0.274 e. The van der Waals surface area contributed by atoms with Gasteiger partial charge in [-0.1, -0.05) is 30.3 Å². The van der Waals surface area contributed by atoms with Crippen molar-refractivity contribution in [2.75, 3.05) is 5.32 Å². The Hall–Kier alpha value is -3.51. The van der Waals surface area contributed by atoms with Gasteiger partial charge in [0.1, 0.15) is 5.69 Å². The van der Waals surface area contributed by atoms with Gasteiger partial charge in [0.05, 0.1) is 5.69 Å². The molecular weight excluding hydrogens is 380 g/mol. The van der Waals surface area contributed by atoms with Crippen molar-refractivity contribution in [2.24, 2.45) is 0 Å². The Morgan fingerprint density at radius 3 is 2.69 bits per heavy atom. The van der Waals surface area contributed by atoms with Crippen molar-refractivity contribution in [3.8, 4) is 0 Å². The van der Waals surface area contributed by atoms with E-state index >= 15 is 0 Å². The number of carbonyl (C=O) groups excluding carboxylic acids is 1. The van der Waals surface area contributed by atoms with Crippen molar-refractivity contribution in [3.63, 3.8) is 0 Å². The van der Waals surface area contributed by atoms with Crippen molar-refractivity contribution in [2.45, 2.75) is 13.5 Å². The summed E-state index contributed by atoms with van der Waals surface area (Å²) >= 11 is 1.42. The van der Waals surface area contributed by atoms with Gasteiger partial charge in [0, 0.05) is 30.5 Å². The molecule has 1 amide bonds. The zero-order valence-electron chi connectivity index (χ0n) is 15.9. The minimum absolute atomic E-state index is 0.172. The topological polar surface area (TPSA) is 59.8 Å². The minimum Gasteiger partial charge on any atom is -0.339 e. The normalized spacial score (nSPS) is 11.4. The summed E-state index contributed by atoms with van der Waals surface area (Å²) in [6.07, 6.45) is 7.48. The van der Waals surface area contributed by atoms with E-state index in [2.05, 4.69) is 33.5 Å². The van der Waals surface area contributed by atoms with Gasteiger partial charge in [0.15, 0.2) is 5.13 Å². The molecule has 6 heteroatoms. The molecule has 0 aliphatic rings. The number of nitrogens with zero attached hydrogens (tertiary/aromatic N) is 3. The Morgan fingerprint density at radius 1 is 1.10 bits per heavy atom. The number of pyridine rings is 1. The quantitative estimate of drug-likeness (QED) is 0.484. The van der Waals surface area contributed by atoms with Gasteiger partial charge in [0.2, 0.25) is 0 Å². The molecule has 0 aliphatic heterocycles. The number of aromatic nitrogens is 3. The van der Waals surface area contributed by atoms with Crippen LogP contribution < -0.4 is 5.32 Å². The molecule has 0 saturated heterocycles. The fraction of sp³-hybridized carbons (Fsp3) is 0.0870. The Balaban J connectivity index is 1.46. The maximum Gasteiger partial charge on any atom is 0.274 e. The van der Waals surface area contributed by atoms with E-state index < -0.39 is 0 Å². The van der Waals surface area contributed by atoms with Crippen LogP contribution in [0.5, 0.6) is 0 Å². The number of amides is 1. The van der Waals surface area contributed by atoms with E-state index in [9.17, 15) is 4.79 Å². The zero-order valence-corrected chi connectivity index (χ0v) is 16.8. The number of carbonyl (C=O) groups is 1. The Kier molecular flexibility index (Phi) is 5.63. The van der Waals surface area contributed by atoms with E-state index in [-0.39, 0.29) is 5.91 Å². The molecule has 0 fully saturated rings. The molecule has 144 valence electrons. The lowest BCUT2D eigenvalue weighted by molar-refractivity contribution is 0.101. The highest BCUT2D eigenvalue weighted by molar-refractivity contribution is 7.14. The number of anilines is 1. The third-order valence-corrected chi connectivity index (χ3v) is 5.23. The molecule has 0 atom stereocenters. The van der Waals surface area contributed by atoms with Gasteiger partial charge in [-0.25, -0.2) is 4.98 Å². The van der Waals surface area contributed by atoms with E-state index in [1.807, 2.05) is 65.5 Å². The predicted octanol–water partition coefficient (Wildman–Crippen LogP) is 5.20. The molecule has 29 heavy (non-hydrogen) atoms. The molecule has 4 aromatic rings. The molecule has 3 aromatic heterocycles. The number of nitrogens with one attached hydrogen (secondary N) is 1. The van der Waals surface area contributed by atoms with Crippen LogP contribution in [-0.2, 0) is 6.54 Å². The van der Waals surface area contributed by atoms with E-state index in [0.29, 0.717) is 17.4 Å². The largest absolute Gasteiger partial charge is 0.339 e. The number of rotatable bonds is 6. The highest BCUT2D eigenvalue weighted by Crippen LogP contribution is 2.23. The van der Waals surface area contributed by atoms with Crippen molar-refractivity contribution in [3.05, 3.63) is 101 Å². The van der Waals surface area contributed by atoms with Gasteiger partial charge >= 0.3 is 0 Å². The average Bonchev–Trinajstić information content (AvgIpc) is 3.39. The van der Waals surface area contributed by atoms with Crippen LogP contribution in [-0.4, -0.2) is 20.4 Å². The summed E-state index contributed by atoms with van der Waals surface area (Å²) in [5.41, 5.74) is 4.71. The number of allylic oxidation sites excluding steroid dienone is 1. The van der Waals surface area contributed by atoms with Crippen LogP contribution in [0.1, 0.15) is 34.2 Å². The lowest BCUT2D eigenvalue weighted by atomic mass is 10.1. The fourth-order valence-corrected chi connectivity index (χ4v) is 3.75. The summed E-state index contributed by atoms with van der Waals surface area (Å²) in [6, 6.07) is 17.7. The highest BCUT2D eigenvalue weighted by atomic mass is 32.1. The molecule has 1 aromatic carbocycles. The van der Waals surface area contributed by atoms with E-state index in [1.54, 1.807) is 12.4 Å². The van der Waals surface area contributed by atoms with Crippen LogP contribution >= 0.6 is 11.3 Å². The maximum atomic E-state index is 12.8. The van der Waals surface area contributed by atoms with Crippen LogP contribution in [0.4, 0.5) is 5.13 Å². The molecule has 5 nitrogen and oxygen atoms in total. The molecule has 0 saturated carbocycles. The van der Waals surface area contributed by atoms with Crippen molar-refractivity contribution >= 4 is 34.0 Å². The summed E-state index contributed by atoms with van der Waals surface area (Å²) in [7, 11) is 0. The first-order chi connectivity index (χ1) is 14.2. The van der Waals surface area contributed by atoms with Crippen molar-refractivity contribution in [1.82, 2.24) is 14.5 Å². The molecule has 0 bridgehead atoms. The molecule has 4 rings (SSSR count). The number of hydrogen-bond acceptors (Lipinski definition) is 4. The first-order valence-corrected chi connectivity index (χ1v) is 10.1. The van der Waals surface area contributed by atoms with Crippen LogP contribution in [0.25, 0.3) is 11.6 Å². The van der Waals surface area contributed by atoms with E-state index in [1.165, 1.54) is 11.3 Å². The molecule has 1 N–H and O–H groups in total. The second kappa shape index (κ2) is 8.67. The third-order valence-electron chi connectivity index (χ3n) is 4.48. The number of thiazole rings is 1. The van der Waals surface area contributed by atoms with Crippen molar-refractivity contribution < 1.29 is 4.79 Å². The third kappa shape index (κ3) is 4.67. The first-order valence-electron chi connectivity index (χ1n) is 9.24. The predicted molar refractivity (Wildman–Crippen MR) is 118 cm³/mol. The maximum absolute atomic E-state index is 12.8. The molecule has 3 heterocycles. The van der Waals surface area contributed by atoms with Gasteiger partial charge in [-0.3, -0.25) is 15.1 Å². The second-order valence-electron chi connectivity index (χ2n) is 6.61. The SMILES string of the molecule is CC(=Cc1ccccc1)c1csc(NC(=O)c2cccn2Cc2ccncc2)n1. The zero-order chi connectivity index (χ0) is 20.1. The fourth-order valence-electron chi connectivity index (χ4n) is 2.99. The Labute approximate surface area is 173 Å². The lowest BCUT2D eigenvalue weighted by Gasteiger charge is -2.08. The van der Waals surface area contributed by atoms with Gasteiger partial charge in [0.25, 0.3) is 5.91 Å². The van der Waals surface area contributed by atoms with Gasteiger partial charge < -0.3 is 4.57 Å². The summed E-state index contributed by atoms with van der Waals surface area (Å²) in [5, 5.41) is 5.46. The van der Waals surface area contributed by atoms with Crippen LogP contribution in [0, 0.1) is 0 Å². The average molecular weight is 401 g/mol. The molecule has 0 radical (unpaired) electrons. The Bertz CT molecular complexity index is 1130. The standard InChI is InChI=1S/C23H20N4OS/c1-17(14-18-6-3-2-4-7-18)20-16-29-23(25-20)26-22(28)21-8-5-13-27(21)15-19-9-11-24-12-10-19/h2-14,16H,15H2,1H3,(H,25,26,28). The molecular formula is C23H20N4OS. The minimum atomic E-state index is -0.172. The van der Waals surface area contributed by atoms with Crippen LogP contribution in [0.15, 0.2) is 78.6 Å². The first kappa shape index (κ1) is 18.8. The van der Waals surface area contributed by atoms with Gasteiger partial charge in [-0.2, -0.15) is 0 Å². The lowest BCUT2D eigenvalue weighted by Crippen LogP contribution is -2.17. The molecule has 0 unspecified atom stereocenters. The van der Waals surface area contributed by atoms with Crippen LogP contribution in [0.2, 0.25) is 0 Å². The van der Waals surface area contributed by atoms with Gasteiger partial charge in [-0.05, 0) is 54.0 Å². The summed E-state index contributed by atoms with van der Waals surface area (Å²) in [5.74, 6) is -0.172. The van der Waals surface area contributed by atoms with E-state index in [4.69, 9.17) is 0 Å². The van der Waals surface area contributed by atoms with Crippen molar-refractivity contribution in [1.29, 1.82) is 0 Å². The monoisotopic (exact) mass is 400 g/mol. The van der Waals surface area contributed by atoms with Gasteiger partial charge in [-0.15, -0.1) is 11.3 Å². The molecule has 0 aliphatic carbocycles. The van der Waals surface area contributed by atoms with E-state index in [0.717, 1.165) is 22.4 Å². The Morgan fingerprint density at radius 2 is 1.90 bits per heavy atom. The summed E-state index contributed by atoms with van der Waals surface area (Å²) in [6.45, 7) is 2.63. The highest BCUT2D eigenvalue weighted by Gasteiger charge is 2.14. The summed E-state index contributed by atoms with van der Waals surface area (Å²) in [4.78, 5) is 21.4. The second-order valence-corrected chi connectivity index (χ2v) is 7.46. The molecule has 0 spiro atoms. The number of benzene rings is 1.